The van der Waals surface area contributed by atoms with Gasteiger partial charge in [-0.3, -0.25) is 14.5 Å². The Hall–Kier alpha value is -3.19. The predicted octanol–water partition coefficient (Wildman–Crippen LogP) is 4.48. The molecule has 0 spiro atoms. The lowest BCUT2D eigenvalue weighted by Gasteiger charge is -2.28. The predicted molar refractivity (Wildman–Crippen MR) is 134 cm³/mol. The van der Waals surface area contributed by atoms with Gasteiger partial charge in [0.25, 0.3) is 0 Å². The molecule has 2 aromatic carbocycles. The van der Waals surface area contributed by atoms with Crippen molar-refractivity contribution >= 4 is 28.5 Å². The summed E-state index contributed by atoms with van der Waals surface area (Å²) in [5.74, 6) is 0.756. The fraction of sp³-hybridized carbons (Fsp3) is 0.444. The third kappa shape index (κ3) is 4.44. The second kappa shape index (κ2) is 10.4. The molecule has 1 fully saturated rings. The molecule has 0 unspecified atom stereocenters. The molecule has 7 heteroatoms. The SMILES string of the molecule is CCc1cccc(CC)c1N(COC)C(=O)Cn1c([C@H]2CCCN2C(C)=O)nc2ccccc21. The van der Waals surface area contributed by atoms with Crippen LogP contribution in [0.1, 0.15) is 56.6 Å². The Morgan fingerprint density at radius 3 is 2.44 bits per heavy atom. The lowest BCUT2D eigenvalue weighted by atomic mass is 10.0. The lowest BCUT2D eigenvalue weighted by molar-refractivity contribution is -0.129. The summed E-state index contributed by atoms with van der Waals surface area (Å²) in [7, 11) is 1.61. The van der Waals surface area contributed by atoms with Crippen molar-refractivity contribution in [2.24, 2.45) is 0 Å². The van der Waals surface area contributed by atoms with Crippen LogP contribution in [0.5, 0.6) is 0 Å². The Labute approximate surface area is 201 Å². The number of nitrogens with zero attached hydrogens (tertiary/aromatic N) is 4. The van der Waals surface area contributed by atoms with E-state index < -0.39 is 0 Å². The standard InChI is InChI=1S/C27H34N4O3/c1-5-20-11-9-12-21(6-2)26(20)31(18-34-4)25(33)17-30-23-14-8-7-13-22(23)28-27(30)24-15-10-16-29(24)19(3)32/h7-9,11-14,24H,5-6,10,15-18H2,1-4H3/t24-/m1/s1. The molecule has 1 saturated heterocycles. The van der Waals surface area contributed by atoms with Crippen molar-refractivity contribution in [3.05, 3.63) is 59.4 Å². The molecule has 0 radical (unpaired) electrons. The summed E-state index contributed by atoms with van der Waals surface area (Å²) in [5, 5.41) is 0. The van der Waals surface area contributed by atoms with Crippen LogP contribution >= 0.6 is 0 Å². The zero-order chi connectivity index (χ0) is 24.2. The number of imidazole rings is 1. The molecule has 1 aliphatic heterocycles. The van der Waals surface area contributed by atoms with Crippen LogP contribution in [-0.4, -0.2) is 46.7 Å². The zero-order valence-electron chi connectivity index (χ0n) is 20.6. The highest BCUT2D eigenvalue weighted by Gasteiger charge is 2.33. The molecular weight excluding hydrogens is 428 g/mol. The molecule has 180 valence electrons. The number of para-hydroxylation sites is 3. The average Bonchev–Trinajstić information content (AvgIpc) is 3.47. The summed E-state index contributed by atoms with van der Waals surface area (Å²) >= 11 is 0. The number of rotatable bonds is 8. The Kier molecular flexibility index (Phi) is 7.32. The molecular formula is C27H34N4O3. The Bertz CT molecular complexity index is 1160. The summed E-state index contributed by atoms with van der Waals surface area (Å²) in [5.41, 5.74) is 4.93. The van der Waals surface area contributed by atoms with Gasteiger partial charge in [0.2, 0.25) is 11.8 Å². The highest BCUT2D eigenvalue weighted by molar-refractivity contribution is 5.95. The van der Waals surface area contributed by atoms with Crippen molar-refractivity contribution < 1.29 is 14.3 Å². The third-order valence-electron chi connectivity index (χ3n) is 6.73. The van der Waals surface area contributed by atoms with Crippen molar-refractivity contribution in [1.29, 1.82) is 0 Å². The molecule has 2 heterocycles. The normalized spacial score (nSPS) is 15.8. The van der Waals surface area contributed by atoms with Crippen molar-refractivity contribution in [2.45, 2.75) is 59.0 Å². The first-order valence-corrected chi connectivity index (χ1v) is 12.1. The molecule has 0 saturated carbocycles. The summed E-state index contributed by atoms with van der Waals surface area (Å²) in [6.45, 7) is 6.83. The summed E-state index contributed by atoms with van der Waals surface area (Å²) in [4.78, 5) is 34.7. The first-order valence-electron chi connectivity index (χ1n) is 12.1. The highest BCUT2D eigenvalue weighted by Crippen LogP contribution is 2.34. The number of likely N-dealkylation sites (tertiary alicyclic amines) is 1. The number of aryl methyl sites for hydroxylation is 2. The van der Waals surface area contributed by atoms with Crippen LogP contribution in [0.25, 0.3) is 11.0 Å². The van der Waals surface area contributed by atoms with E-state index in [2.05, 4.69) is 32.0 Å². The number of methoxy groups -OCH3 is 1. The molecule has 2 amide bonds. The number of fused-ring (bicyclic) bond motifs is 1. The lowest BCUT2D eigenvalue weighted by Crippen LogP contribution is -2.38. The van der Waals surface area contributed by atoms with E-state index in [0.29, 0.717) is 0 Å². The van der Waals surface area contributed by atoms with Gasteiger partial charge in [-0.25, -0.2) is 4.98 Å². The molecule has 0 bridgehead atoms. The summed E-state index contributed by atoms with van der Waals surface area (Å²) in [6.07, 6.45) is 3.43. The van der Waals surface area contributed by atoms with Gasteiger partial charge in [-0.05, 0) is 48.9 Å². The second-order valence-corrected chi connectivity index (χ2v) is 8.79. The van der Waals surface area contributed by atoms with E-state index in [4.69, 9.17) is 9.72 Å². The Balaban J connectivity index is 1.77. The number of carbonyl (C=O) groups excluding carboxylic acids is 2. The maximum atomic E-state index is 13.9. The van der Waals surface area contributed by atoms with E-state index in [-0.39, 0.29) is 31.1 Å². The van der Waals surface area contributed by atoms with E-state index in [9.17, 15) is 9.59 Å². The van der Waals surface area contributed by atoms with Crippen LogP contribution in [0.4, 0.5) is 5.69 Å². The van der Waals surface area contributed by atoms with E-state index in [1.54, 1.807) is 18.9 Å². The minimum Gasteiger partial charge on any atom is -0.364 e. The van der Waals surface area contributed by atoms with Crippen molar-refractivity contribution in [1.82, 2.24) is 14.5 Å². The fourth-order valence-corrected chi connectivity index (χ4v) is 5.10. The summed E-state index contributed by atoms with van der Waals surface area (Å²) < 4.78 is 7.48. The van der Waals surface area contributed by atoms with Gasteiger partial charge in [0.05, 0.1) is 22.8 Å². The van der Waals surface area contributed by atoms with Crippen molar-refractivity contribution in [3.8, 4) is 0 Å². The molecule has 0 aliphatic carbocycles. The maximum Gasteiger partial charge on any atom is 0.248 e. The van der Waals surface area contributed by atoms with Crippen LogP contribution < -0.4 is 4.90 Å². The maximum absolute atomic E-state index is 13.9. The monoisotopic (exact) mass is 462 g/mol. The van der Waals surface area contributed by atoms with E-state index in [0.717, 1.165) is 65.9 Å². The number of carbonyl (C=O) groups is 2. The van der Waals surface area contributed by atoms with Crippen LogP contribution in [0.15, 0.2) is 42.5 Å². The van der Waals surface area contributed by atoms with Gasteiger partial charge in [-0.2, -0.15) is 0 Å². The number of aromatic nitrogens is 2. The number of benzene rings is 2. The molecule has 3 aromatic rings. The van der Waals surface area contributed by atoms with Crippen LogP contribution in [0, 0.1) is 0 Å². The summed E-state index contributed by atoms with van der Waals surface area (Å²) in [6, 6.07) is 13.9. The van der Waals surface area contributed by atoms with Crippen LogP contribution in [-0.2, 0) is 33.7 Å². The second-order valence-electron chi connectivity index (χ2n) is 8.79. The quantitative estimate of drug-likeness (QED) is 0.463. The molecule has 0 N–H and O–H groups in total. The number of hydrogen-bond acceptors (Lipinski definition) is 4. The average molecular weight is 463 g/mol. The van der Waals surface area contributed by atoms with Gasteiger partial charge in [0.1, 0.15) is 19.1 Å². The van der Waals surface area contributed by atoms with Gasteiger partial charge >= 0.3 is 0 Å². The van der Waals surface area contributed by atoms with Crippen LogP contribution in [0.3, 0.4) is 0 Å². The minimum absolute atomic E-state index is 0.0397. The molecule has 34 heavy (non-hydrogen) atoms. The van der Waals surface area contributed by atoms with E-state index >= 15 is 0 Å². The minimum atomic E-state index is -0.122. The van der Waals surface area contributed by atoms with Gasteiger partial charge in [0.15, 0.2) is 0 Å². The van der Waals surface area contributed by atoms with Gasteiger partial charge in [0, 0.05) is 20.6 Å². The smallest absolute Gasteiger partial charge is 0.248 e. The molecule has 1 aliphatic rings. The number of hydrogen-bond donors (Lipinski definition) is 0. The molecule has 4 rings (SSSR count). The number of ether oxygens (including phenoxy) is 1. The third-order valence-corrected chi connectivity index (χ3v) is 6.73. The first-order chi connectivity index (χ1) is 16.5. The highest BCUT2D eigenvalue weighted by atomic mass is 16.5. The first kappa shape index (κ1) is 24.0. The van der Waals surface area contributed by atoms with Gasteiger partial charge in [-0.15, -0.1) is 0 Å². The molecule has 1 aromatic heterocycles. The fourth-order valence-electron chi connectivity index (χ4n) is 5.10. The van der Waals surface area contributed by atoms with Crippen molar-refractivity contribution in [3.63, 3.8) is 0 Å². The van der Waals surface area contributed by atoms with Gasteiger partial charge < -0.3 is 14.2 Å². The zero-order valence-corrected chi connectivity index (χ0v) is 20.6. The number of anilines is 1. The topological polar surface area (TPSA) is 67.7 Å². The largest absolute Gasteiger partial charge is 0.364 e. The number of amides is 2. The van der Waals surface area contributed by atoms with Gasteiger partial charge in [-0.1, -0.05) is 44.2 Å². The Morgan fingerprint density at radius 1 is 1.09 bits per heavy atom. The van der Waals surface area contributed by atoms with Crippen molar-refractivity contribution in [2.75, 3.05) is 25.3 Å². The Morgan fingerprint density at radius 2 is 1.79 bits per heavy atom. The molecule has 1 atom stereocenters. The van der Waals surface area contributed by atoms with E-state index in [1.807, 2.05) is 33.7 Å². The van der Waals surface area contributed by atoms with E-state index in [1.165, 1.54) is 0 Å². The molecule has 7 nitrogen and oxygen atoms in total. The van der Waals surface area contributed by atoms with Crippen LogP contribution in [0.2, 0.25) is 0 Å².